The number of carbonyl (C=O) groups excluding carboxylic acids is 1. The van der Waals surface area contributed by atoms with Crippen LogP contribution in [0.25, 0.3) is 0 Å². The van der Waals surface area contributed by atoms with Gasteiger partial charge >= 0.3 is 0 Å². The van der Waals surface area contributed by atoms with E-state index in [2.05, 4.69) is 38.3 Å². The molecule has 0 saturated carbocycles. The van der Waals surface area contributed by atoms with Gasteiger partial charge in [-0.2, -0.15) is 4.99 Å². The van der Waals surface area contributed by atoms with E-state index >= 15 is 0 Å². The average molecular weight is 242 g/mol. The molecule has 0 atom stereocenters. The van der Waals surface area contributed by atoms with Crippen molar-refractivity contribution in [2.45, 2.75) is 0 Å². The van der Waals surface area contributed by atoms with Crippen LogP contribution in [-0.2, 0) is 0 Å². The minimum Gasteiger partial charge on any atom is -0.281 e. The van der Waals surface area contributed by atoms with Gasteiger partial charge in [0.2, 0.25) is 4.69 Å². The number of aliphatic imine (C=N–C) groups is 1. The van der Waals surface area contributed by atoms with Crippen LogP contribution in [0.5, 0.6) is 0 Å². The fourth-order valence-corrected chi connectivity index (χ4v) is 1.09. The number of hydrogen-bond acceptors (Lipinski definition) is 3. The van der Waals surface area contributed by atoms with Crippen molar-refractivity contribution in [2.75, 3.05) is 0 Å². The highest BCUT2D eigenvalue weighted by molar-refractivity contribution is 9.18. The Kier molecular flexibility index (Phi) is 3.29. The maximum Gasteiger partial charge on any atom is 0.228 e. The standard InChI is InChI=1S/C8H4BrNOS/c9-8(11)6-1-3-7(4-2-6)10-5-12/h1-4H. The van der Waals surface area contributed by atoms with E-state index in [1.165, 1.54) is 0 Å². The molecule has 1 rings (SSSR count). The summed E-state index contributed by atoms with van der Waals surface area (Å²) in [5.74, 6) is 0. The van der Waals surface area contributed by atoms with Gasteiger partial charge in [0.15, 0.2) is 0 Å². The molecule has 0 aliphatic carbocycles. The summed E-state index contributed by atoms with van der Waals surface area (Å²) in [4.78, 5) is 14.5. The molecule has 0 heterocycles. The summed E-state index contributed by atoms with van der Waals surface area (Å²) < 4.78 is -0.139. The van der Waals surface area contributed by atoms with E-state index in [9.17, 15) is 4.79 Å². The van der Waals surface area contributed by atoms with Gasteiger partial charge in [0.25, 0.3) is 0 Å². The van der Waals surface area contributed by atoms with Gasteiger partial charge in [-0.05, 0) is 52.4 Å². The van der Waals surface area contributed by atoms with E-state index in [0.29, 0.717) is 11.3 Å². The Bertz CT molecular complexity index is 320. The van der Waals surface area contributed by atoms with Gasteiger partial charge in [0.1, 0.15) is 0 Å². The van der Waals surface area contributed by atoms with E-state index < -0.39 is 0 Å². The summed E-state index contributed by atoms with van der Waals surface area (Å²) in [6, 6.07) is 6.74. The highest BCUT2D eigenvalue weighted by Gasteiger charge is 1.98. The molecule has 0 spiro atoms. The molecule has 0 aliphatic rings. The van der Waals surface area contributed by atoms with Crippen LogP contribution in [0.1, 0.15) is 10.4 Å². The first-order valence-electron chi connectivity index (χ1n) is 3.12. The van der Waals surface area contributed by atoms with Gasteiger partial charge in [-0.1, -0.05) is 0 Å². The van der Waals surface area contributed by atoms with Gasteiger partial charge in [-0.3, -0.25) is 4.79 Å². The molecule has 60 valence electrons. The Labute approximate surface area is 83.4 Å². The Hall–Kier alpha value is -0.830. The van der Waals surface area contributed by atoms with Crippen LogP contribution in [0.4, 0.5) is 5.69 Å². The van der Waals surface area contributed by atoms with Crippen molar-refractivity contribution in [2.24, 2.45) is 4.99 Å². The number of benzene rings is 1. The molecule has 0 unspecified atom stereocenters. The number of thiocarbonyl (C=S) groups is 1. The topological polar surface area (TPSA) is 29.4 Å². The Morgan fingerprint density at radius 3 is 2.42 bits per heavy atom. The predicted octanol–water partition coefficient (Wildman–Crippen LogP) is 2.96. The SMILES string of the molecule is O=C(Br)c1ccc(N=C=S)cc1. The highest BCUT2D eigenvalue weighted by atomic mass is 79.9. The lowest BCUT2D eigenvalue weighted by Gasteiger charge is -1.92. The first kappa shape index (κ1) is 9.26. The fraction of sp³-hybridized carbons (Fsp3) is 0. The molecule has 0 fully saturated rings. The largest absolute Gasteiger partial charge is 0.281 e. The van der Waals surface area contributed by atoms with Gasteiger partial charge < -0.3 is 0 Å². The third-order valence-corrected chi connectivity index (χ3v) is 1.82. The van der Waals surface area contributed by atoms with Crippen molar-refractivity contribution in [1.29, 1.82) is 0 Å². The zero-order chi connectivity index (χ0) is 8.97. The quantitative estimate of drug-likeness (QED) is 0.453. The van der Waals surface area contributed by atoms with Crippen molar-refractivity contribution in [3.05, 3.63) is 29.8 Å². The second kappa shape index (κ2) is 4.26. The second-order valence-corrected chi connectivity index (χ2v) is 2.93. The van der Waals surface area contributed by atoms with Crippen molar-refractivity contribution in [1.82, 2.24) is 0 Å². The van der Waals surface area contributed by atoms with E-state index in [1.807, 2.05) is 0 Å². The summed E-state index contributed by atoms with van der Waals surface area (Å²) in [6.07, 6.45) is 0. The van der Waals surface area contributed by atoms with E-state index in [0.717, 1.165) is 0 Å². The summed E-state index contributed by atoms with van der Waals surface area (Å²) >= 11 is 7.27. The summed E-state index contributed by atoms with van der Waals surface area (Å²) in [6.45, 7) is 0. The number of isothiocyanates is 1. The molecule has 1 aromatic rings. The van der Waals surface area contributed by atoms with Crippen LogP contribution >= 0.6 is 28.1 Å². The second-order valence-electron chi connectivity index (χ2n) is 2.02. The third kappa shape index (κ3) is 2.34. The lowest BCUT2D eigenvalue weighted by atomic mass is 10.2. The van der Waals surface area contributed by atoms with Crippen molar-refractivity contribution >= 4 is 43.7 Å². The molecule has 12 heavy (non-hydrogen) atoms. The molecule has 0 aliphatic heterocycles. The number of carbonyl (C=O) groups is 1. The molecule has 0 aromatic heterocycles. The summed E-state index contributed by atoms with van der Waals surface area (Å²) in [5.41, 5.74) is 1.29. The van der Waals surface area contributed by atoms with Crippen LogP contribution in [-0.4, -0.2) is 9.85 Å². The molecule has 0 radical (unpaired) electrons. The molecule has 0 amide bonds. The van der Waals surface area contributed by atoms with Crippen molar-refractivity contribution < 1.29 is 4.79 Å². The van der Waals surface area contributed by atoms with Crippen LogP contribution in [0, 0.1) is 0 Å². The molecule has 4 heteroatoms. The summed E-state index contributed by atoms with van der Waals surface area (Å²) in [5, 5.41) is 2.24. The number of hydrogen-bond donors (Lipinski definition) is 0. The Morgan fingerprint density at radius 2 is 2.00 bits per heavy atom. The molecular formula is C8H4BrNOS. The van der Waals surface area contributed by atoms with E-state index in [1.54, 1.807) is 24.3 Å². The maximum atomic E-state index is 10.8. The van der Waals surface area contributed by atoms with E-state index in [-0.39, 0.29) is 4.69 Å². The third-order valence-electron chi connectivity index (χ3n) is 1.27. The first-order chi connectivity index (χ1) is 5.74. The minimum absolute atomic E-state index is 0.139. The van der Waals surface area contributed by atoms with Gasteiger partial charge in [0, 0.05) is 5.56 Å². The normalized spacial score (nSPS) is 8.75. The van der Waals surface area contributed by atoms with Crippen LogP contribution < -0.4 is 0 Å². The fourth-order valence-electron chi connectivity index (χ4n) is 0.720. The molecule has 0 bridgehead atoms. The molecule has 0 saturated heterocycles. The average Bonchev–Trinajstić information content (AvgIpc) is 2.06. The van der Waals surface area contributed by atoms with Gasteiger partial charge in [0.05, 0.1) is 10.8 Å². The Balaban J connectivity index is 3.00. The monoisotopic (exact) mass is 241 g/mol. The number of halogens is 1. The Morgan fingerprint density at radius 1 is 1.42 bits per heavy atom. The molecular weight excluding hydrogens is 238 g/mol. The van der Waals surface area contributed by atoms with Gasteiger partial charge in [-0.25, -0.2) is 0 Å². The first-order valence-corrected chi connectivity index (χ1v) is 4.32. The zero-order valence-corrected chi connectivity index (χ0v) is 8.35. The molecule has 2 nitrogen and oxygen atoms in total. The lowest BCUT2D eigenvalue weighted by Crippen LogP contribution is -1.84. The maximum absolute atomic E-state index is 10.8. The van der Waals surface area contributed by atoms with Crippen LogP contribution in [0.3, 0.4) is 0 Å². The highest BCUT2D eigenvalue weighted by Crippen LogP contribution is 2.13. The lowest BCUT2D eigenvalue weighted by molar-refractivity contribution is 0.109. The van der Waals surface area contributed by atoms with Crippen LogP contribution in [0.2, 0.25) is 0 Å². The minimum atomic E-state index is -0.139. The van der Waals surface area contributed by atoms with Gasteiger partial charge in [-0.15, -0.1) is 0 Å². The number of nitrogens with zero attached hydrogens (tertiary/aromatic N) is 1. The molecule has 0 N–H and O–H groups in total. The zero-order valence-electron chi connectivity index (χ0n) is 5.95. The number of rotatable bonds is 2. The smallest absolute Gasteiger partial charge is 0.228 e. The summed E-state index contributed by atoms with van der Waals surface area (Å²) in [7, 11) is 0. The predicted molar refractivity (Wildman–Crippen MR) is 54.4 cm³/mol. The van der Waals surface area contributed by atoms with Crippen molar-refractivity contribution in [3.63, 3.8) is 0 Å². The van der Waals surface area contributed by atoms with Crippen molar-refractivity contribution in [3.8, 4) is 0 Å². The van der Waals surface area contributed by atoms with E-state index in [4.69, 9.17) is 0 Å². The molecule has 1 aromatic carbocycles. The van der Waals surface area contributed by atoms with Crippen LogP contribution in [0.15, 0.2) is 29.3 Å².